The van der Waals surface area contributed by atoms with Gasteiger partial charge >= 0.3 is 5.69 Å². The molecule has 1 fully saturated rings. The predicted octanol–water partition coefficient (Wildman–Crippen LogP) is 3.45. The Morgan fingerprint density at radius 1 is 1.35 bits per heavy atom. The monoisotopic (exact) mass is 316 g/mol. The number of nitro groups is 1. The molecule has 0 radical (unpaired) electrons. The van der Waals surface area contributed by atoms with Gasteiger partial charge in [0.05, 0.1) is 4.92 Å². The Bertz CT molecular complexity index is 706. The van der Waals surface area contributed by atoms with Crippen molar-refractivity contribution in [1.82, 2.24) is 20.2 Å². The number of aryl methyl sites for hydroxylation is 1. The number of H-pyrrole nitrogens is 1. The summed E-state index contributed by atoms with van der Waals surface area (Å²) < 4.78 is 0. The average molecular weight is 316 g/mol. The molecule has 0 atom stereocenters. The van der Waals surface area contributed by atoms with Crippen molar-refractivity contribution >= 4 is 17.3 Å². The van der Waals surface area contributed by atoms with Gasteiger partial charge in [-0.05, 0) is 25.7 Å². The van der Waals surface area contributed by atoms with Crippen molar-refractivity contribution in [3.8, 4) is 0 Å². The van der Waals surface area contributed by atoms with Crippen molar-refractivity contribution in [2.75, 3.05) is 5.32 Å². The molecule has 122 valence electrons. The van der Waals surface area contributed by atoms with Gasteiger partial charge in [0.15, 0.2) is 5.82 Å². The summed E-state index contributed by atoms with van der Waals surface area (Å²) in [5.41, 5.74) is 0.726. The minimum Gasteiger partial charge on any atom is -0.318 e. The fraction of sp³-hybridized carbons (Fsp3) is 0.533. The van der Waals surface area contributed by atoms with Gasteiger partial charge in [0.25, 0.3) is 0 Å². The maximum Gasteiger partial charge on any atom is 0.329 e. The van der Waals surface area contributed by atoms with E-state index in [2.05, 4.69) is 32.4 Å². The minimum absolute atomic E-state index is 0.140. The zero-order chi connectivity index (χ0) is 16.4. The van der Waals surface area contributed by atoms with Gasteiger partial charge in [-0.2, -0.15) is 5.10 Å². The number of hydrogen-bond acceptors (Lipinski definition) is 6. The number of hydrogen-bond donors (Lipinski definition) is 2. The van der Waals surface area contributed by atoms with Crippen LogP contribution < -0.4 is 5.32 Å². The van der Waals surface area contributed by atoms with E-state index in [-0.39, 0.29) is 17.4 Å². The lowest BCUT2D eigenvalue weighted by Gasteiger charge is -2.25. The van der Waals surface area contributed by atoms with Crippen LogP contribution in [-0.2, 0) is 0 Å². The van der Waals surface area contributed by atoms with Gasteiger partial charge in [-0.15, -0.1) is 0 Å². The summed E-state index contributed by atoms with van der Waals surface area (Å²) in [7, 11) is 0. The molecule has 2 N–H and O–H groups in total. The average Bonchev–Trinajstić information content (AvgIpc) is 2.93. The number of aromatic amines is 1. The summed E-state index contributed by atoms with van der Waals surface area (Å²) in [6.45, 7) is 4.11. The summed E-state index contributed by atoms with van der Waals surface area (Å²) in [6.07, 6.45) is 5.64. The first-order valence-electron chi connectivity index (χ1n) is 7.83. The third kappa shape index (κ3) is 3.46. The molecule has 1 saturated carbocycles. The van der Waals surface area contributed by atoms with E-state index in [4.69, 9.17) is 0 Å². The van der Waals surface area contributed by atoms with E-state index in [0.717, 1.165) is 37.3 Å². The zero-order valence-corrected chi connectivity index (χ0v) is 13.2. The Morgan fingerprint density at radius 3 is 2.70 bits per heavy atom. The zero-order valence-electron chi connectivity index (χ0n) is 13.2. The Morgan fingerprint density at radius 2 is 2.09 bits per heavy atom. The Hall–Kier alpha value is -2.51. The SMILES string of the molecule is Cc1cc(Nc2nc(C3CCC(C)CC3)ncc2[N+](=O)[O-])n[nH]1. The summed E-state index contributed by atoms with van der Waals surface area (Å²) in [5, 5.41) is 21.0. The molecule has 0 amide bonds. The summed E-state index contributed by atoms with van der Waals surface area (Å²) in [4.78, 5) is 19.4. The van der Waals surface area contributed by atoms with E-state index in [1.54, 1.807) is 6.07 Å². The van der Waals surface area contributed by atoms with Crippen molar-refractivity contribution in [2.24, 2.45) is 5.92 Å². The molecule has 8 nitrogen and oxygen atoms in total. The summed E-state index contributed by atoms with van der Waals surface area (Å²) in [5.74, 6) is 2.39. The van der Waals surface area contributed by atoms with Gasteiger partial charge in [-0.3, -0.25) is 15.2 Å². The quantitative estimate of drug-likeness (QED) is 0.660. The van der Waals surface area contributed by atoms with Crippen molar-refractivity contribution in [3.05, 3.63) is 33.9 Å². The lowest BCUT2D eigenvalue weighted by Crippen LogP contribution is -2.14. The number of nitrogens with zero attached hydrogens (tertiary/aromatic N) is 4. The first-order valence-corrected chi connectivity index (χ1v) is 7.83. The lowest BCUT2D eigenvalue weighted by molar-refractivity contribution is -0.384. The smallest absolute Gasteiger partial charge is 0.318 e. The molecule has 0 aliphatic heterocycles. The predicted molar refractivity (Wildman–Crippen MR) is 85.7 cm³/mol. The van der Waals surface area contributed by atoms with Crippen LogP contribution >= 0.6 is 0 Å². The second-order valence-corrected chi connectivity index (χ2v) is 6.24. The minimum atomic E-state index is -0.478. The van der Waals surface area contributed by atoms with Crippen LogP contribution in [-0.4, -0.2) is 25.1 Å². The molecule has 0 bridgehead atoms. The second kappa shape index (κ2) is 6.31. The highest BCUT2D eigenvalue weighted by Gasteiger charge is 2.25. The molecular weight excluding hydrogens is 296 g/mol. The van der Waals surface area contributed by atoms with E-state index in [0.29, 0.717) is 11.6 Å². The van der Waals surface area contributed by atoms with Crippen LogP contribution in [0.3, 0.4) is 0 Å². The molecule has 3 rings (SSSR count). The van der Waals surface area contributed by atoms with Crippen LogP contribution in [0.1, 0.15) is 50.0 Å². The van der Waals surface area contributed by atoms with Crippen LogP contribution in [0, 0.1) is 23.0 Å². The molecular formula is C15H20N6O2. The number of anilines is 2. The first-order chi connectivity index (χ1) is 11.0. The first kappa shape index (κ1) is 15.4. The largest absolute Gasteiger partial charge is 0.329 e. The molecule has 2 aromatic rings. The van der Waals surface area contributed by atoms with Gasteiger partial charge in [0, 0.05) is 17.7 Å². The fourth-order valence-corrected chi connectivity index (χ4v) is 2.93. The Balaban J connectivity index is 1.88. The standard InChI is InChI=1S/C15H20N6O2/c1-9-3-5-11(6-4-9)14-16-8-12(21(22)23)15(18-14)17-13-7-10(2)19-20-13/h7-9,11H,3-6H2,1-2H3,(H2,16,17,18,19,20). The number of rotatable bonds is 4. The van der Waals surface area contributed by atoms with Crippen LogP contribution in [0.15, 0.2) is 12.3 Å². The van der Waals surface area contributed by atoms with Crippen molar-refractivity contribution < 1.29 is 4.92 Å². The van der Waals surface area contributed by atoms with Crippen LogP contribution in [0.2, 0.25) is 0 Å². The highest BCUT2D eigenvalue weighted by Crippen LogP contribution is 2.35. The number of nitrogens with one attached hydrogen (secondary N) is 2. The van der Waals surface area contributed by atoms with Gasteiger partial charge in [-0.25, -0.2) is 9.97 Å². The van der Waals surface area contributed by atoms with E-state index < -0.39 is 4.92 Å². The van der Waals surface area contributed by atoms with Gasteiger partial charge in [0.2, 0.25) is 5.82 Å². The fourth-order valence-electron chi connectivity index (χ4n) is 2.93. The lowest BCUT2D eigenvalue weighted by atomic mass is 9.82. The maximum absolute atomic E-state index is 11.2. The maximum atomic E-state index is 11.2. The normalized spacial score (nSPS) is 21.1. The van der Waals surface area contributed by atoms with E-state index >= 15 is 0 Å². The van der Waals surface area contributed by atoms with Gasteiger partial charge in [0.1, 0.15) is 12.0 Å². The van der Waals surface area contributed by atoms with E-state index in [9.17, 15) is 10.1 Å². The van der Waals surface area contributed by atoms with Gasteiger partial charge < -0.3 is 5.32 Å². The molecule has 0 spiro atoms. The second-order valence-electron chi connectivity index (χ2n) is 6.24. The van der Waals surface area contributed by atoms with Crippen LogP contribution in [0.4, 0.5) is 17.3 Å². The number of aromatic nitrogens is 4. The van der Waals surface area contributed by atoms with E-state index in [1.807, 2.05) is 6.92 Å². The summed E-state index contributed by atoms with van der Waals surface area (Å²) in [6, 6.07) is 1.77. The topological polar surface area (TPSA) is 110 Å². The molecule has 8 heteroatoms. The molecule has 1 aliphatic rings. The van der Waals surface area contributed by atoms with Crippen molar-refractivity contribution in [1.29, 1.82) is 0 Å². The third-order valence-corrected chi connectivity index (χ3v) is 4.32. The third-order valence-electron chi connectivity index (χ3n) is 4.32. The van der Waals surface area contributed by atoms with Crippen LogP contribution in [0.25, 0.3) is 0 Å². The molecule has 0 aromatic carbocycles. The molecule has 0 saturated heterocycles. The van der Waals surface area contributed by atoms with Crippen LogP contribution in [0.5, 0.6) is 0 Å². The van der Waals surface area contributed by atoms with Crippen molar-refractivity contribution in [2.45, 2.75) is 45.4 Å². The highest BCUT2D eigenvalue weighted by molar-refractivity contribution is 5.62. The van der Waals surface area contributed by atoms with Gasteiger partial charge in [-0.1, -0.05) is 19.8 Å². The van der Waals surface area contributed by atoms with E-state index in [1.165, 1.54) is 6.20 Å². The highest BCUT2D eigenvalue weighted by atomic mass is 16.6. The molecule has 2 heterocycles. The molecule has 1 aliphatic carbocycles. The molecule has 0 unspecified atom stereocenters. The Kier molecular flexibility index (Phi) is 4.22. The Labute approximate surface area is 133 Å². The summed E-state index contributed by atoms with van der Waals surface area (Å²) >= 11 is 0. The molecule has 23 heavy (non-hydrogen) atoms. The molecule has 2 aromatic heterocycles. The van der Waals surface area contributed by atoms with Crippen molar-refractivity contribution in [3.63, 3.8) is 0 Å².